The molecular weight excluding hydrogens is 446 g/mol. The van der Waals surface area contributed by atoms with Gasteiger partial charge in [0, 0.05) is 4.88 Å². The lowest BCUT2D eigenvalue weighted by Gasteiger charge is -2.14. The number of rotatable bonds is 7. The molecule has 1 aliphatic carbocycles. The van der Waals surface area contributed by atoms with E-state index in [0.717, 1.165) is 35.3 Å². The molecule has 0 unspecified atom stereocenters. The third kappa shape index (κ3) is 4.52. The molecule has 0 fully saturated rings. The second-order valence-electron chi connectivity index (χ2n) is 7.67. The van der Waals surface area contributed by atoms with Crippen molar-refractivity contribution >= 4 is 32.1 Å². The zero-order valence-electron chi connectivity index (χ0n) is 18.0. The first-order valence-electron chi connectivity index (χ1n) is 10.4. The van der Waals surface area contributed by atoms with Gasteiger partial charge in [0.2, 0.25) is 9.84 Å². The van der Waals surface area contributed by atoms with Crippen LogP contribution in [0, 0.1) is 6.92 Å². The lowest BCUT2D eigenvalue weighted by Crippen LogP contribution is -2.21. The monoisotopic (exact) mass is 471 g/mol. The topological polar surface area (TPSA) is 81.7 Å². The molecule has 3 aromatic rings. The van der Waals surface area contributed by atoms with Gasteiger partial charge in [-0.05, 0) is 62.4 Å². The molecular formula is C24H25NO5S2. The van der Waals surface area contributed by atoms with Gasteiger partial charge < -0.3 is 14.8 Å². The molecule has 0 aliphatic heterocycles. The highest BCUT2D eigenvalue weighted by Crippen LogP contribution is 2.43. The SMILES string of the molecule is COc1ccccc1OCC(=O)Nc1sc2c(c1S(=O)(=O)c1ccc(C)cc1)CCCC2. The van der Waals surface area contributed by atoms with Crippen LogP contribution < -0.4 is 14.8 Å². The van der Waals surface area contributed by atoms with Crippen LogP contribution in [0.5, 0.6) is 11.5 Å². The summed E-state index contributed by atoms with van der Waals surface area (Å²) in [6.07, 6.45) is 3.47. The predicted octanol–water partition coefficient (Wildman–Crippen LogP) is 4.79. The second-order valence-corrected chi connectivity index (χ2v) is 10.7. The number of anilines is 1. The molecule has 4 rings (SSSR count). The fourth-order valence-corrected chi connectivity index (χ4v) is 7.08. The highest BCUT2D eigenvalue weighted by atomic mass is 32.2. The zero-order chi connectivity index (χ0) is 22.7. The average molecular weight is 472 g/mol. The number of fused-ring (bicyclic) bond motifs is 1. The Morgan fingerprint density at radius 3 is 2.44 bits per heavy atom. The van der Waals surface area contributed by atoms with Gasteiger partial charge in [0.05, 0.1) is 12.0 Å². The van der Waals surface area contributed by atoms with Gasteiger partial charge in [-0.15, -0.1) is 11.3 Å². The van der Waals surface area contributed by atoms with Gasteiger partial charge in [0.25, 0.3) is 5.91 Å². The molecule has 1 amide bonds. The summed E-state index contributed by atoms with van der Waals surface area (Å²) in [7, 11) is -2.24. The first kappa shape index (κ1) is 22.4. The molecule has 0 spiro atoms. The van der Waals surface area contributed by atoms with Crippen molar-refractivity contribution in [3.8, 4) is 11.5 Å². The van der Waals surface area contributed by atoms with Crippen molar-refractivity contribution in [1.82, 2.24) is 0 Å². The number of thiophene rings is 1. The van der Waals surface area contributed by atoms with E-state index in [4.69, 9.17) is 9.47 Å². The maximum atomic E-state index is 13.6. The number of amides is 1. The molecule has 1 aliphatic rings. The molecule has 2 aromatic carbocycles. The summed E-state index contributed by atoms with van der Waals surface area (Å²) in [5.74, 6) is 0.549. The molecule has 8 heteroatoms. The Balaban J connectivity index is 1.62. The molecule has 0 bridgehead atoms. The highest BCUT2D eigenvalue weighted by Gasteiger charge is 2.31. The lowest BCUT2D eigenvalue weighted by molar-refractivity contribution is -0.118. The minimum absolute atomic E-state index is 0.228. The summed E-state index contributed by atoms with van der Waals surface area (Å²) in [6.45, 7) is 1.66. The Hall–Kier alpha value is -2.84. The van der Waals surface area contributed by atoms with Gasteiger partial charge in [0.15, 0.2) is 18.1 Å². The van der Waals surface area contributed by atoms with Crippen LogP contribution in [0.4, 0.5) is 5.00 Å². The molecule has 0 saturated heterocycles. The molecule has 0 saturated carbocycles. The Morgan fingerprint density at radius 2 is 1.72 bits per heavy atom. The number of nitrogens with one attached hydrogen (secondary N) is 1. The van der Waals surface area contributed by atoms with Crippen molar-refractivity contribution in [2.24, 2.45) is 0 Å². The maximum absolute atomic E-state index is 13.6. The minimum atomic E-state index is -3.77. The van der Waals surface area contributed by atoms with E-state index in [1.807, 2.05) is 13.0 Å². The summed E-state index contributed by atoms with van der Waals surface area (Å²) in [5.41, 5.74) is 1.82. The number of aryl methyl sites for hydroxylation is 2. The van der Waals surface area contributed by atoms with Crippen LogP contribution in [-0.4, -0.2) is 28.0 Å². The largest absolute Gasteiger partial charge is 0.493 e. The molecule has 6 nitrogen and oxygen atoms in total. The van der Waals surface area contributed by atoms with Gasteiger partial charge in [-0.25, -0.2) is 8.42 Å². The van der Waals surface area contributed by atoms with Crippen molar-refractivity contribution in [3.63, 3.8) is 0 Å². The summed E-state index contributed by atoms with van der Waals surface area (Å²) in [4.78, 5) is 14.2. The zero-order valence-corrected chi connectivity index (χ0v) is 19.6. The molecule has 1 heterocycles. The van der Waals surface area contributed by atoms with Crippen LogP contribution in [-0.2, 0) is 27.5 Å². The third-order valence-corrected chi connectivity index (χ3v) is 8.62. The number of hydrogen-bond acceptors (Lipinski definition) is 6. The van der Waals surface area contributed by atoms with Gasteiger partial charge in [-0.3, -0.25) is 4.79 Å². The van der Waals surface area contributed by atoms with Crippen molar-refractivity contribution in [2.75, 3.05) is 19.0 Å². The van der Waals surface area contributed by atoms with E-state index >= 15 is 0 Å². The summed E-state index contributed by atoms with van der Waals surface area (Å²) < 4.78 is 37.9. The van der Waals surface area contributed by atoms with E-state index in [0.29, 0.717) is 22.9 Å². The Bertz CT molecular complexity index is 1230. The maximum Gasteiger partial charge on any atom is 0.262 e. The van der Waals surface area contributed by atoms with Gasteiger partial charge >= 0.3 is 0 Å². The Kier molecular flexibility index (Phi) is 6.53. The second kappa shape index (κ2) is 9.34. The number of hydrogen-bond donors (Lipinski definition) is 1. The summed E-state index contributed by atoms with van der Waals surface area (Å²) in [5, 5.41) is 3.16. The van der Waals surface area contributed by atoms with Crippen LogP contribution >= 0.6 is 11.3 Å². The number of benzene rings is 2. The Morgan fingerprint density at radius 1 is 1.03 bits per heavy atom. The number of para-hydroxylation sites is 2. The summed E-state index contributed by atoms with van der Waals surface area (Å²) >= 11 is 1.35. The number of carbonyl (C=O) groups excluding carboxylic acids is 1. The third-order valence-electron chi connectivity index (χ3n) is 5.40. The molecule has 1 N–H and O–H groups in total. The number of carbonyl (C=O) groups is 1. The molecule has 168 valence electrons. The van der Waals surface area contributed by atoms with Crippen molar-refractivity contribution in [3.05, 3.63) is 64.5 Å². The van der Waals surface area contributed by atoms with Gasteiger partial charge in [0.1, 0.15) is 9.90 Å². The van der Waals surface area contributed by atoms with Gasteiger partial charge in [-0.2, -0.15) is 0 Å². The molecule has 32 heavy (non-hydrogen) atoms. The fraction of sp³-hybridized carbons (Fsp3) is 0.292. The van der Waals surface area contributed by atoms with E-state index < -0.39 is 15.7 Å². The first-order valence-corrected chi connectivity index (χ1v) is 12.7. The van der Waals surface area contributed by atoms with E-state index in [2.05, 4.69) is 5.32 Å². The van der Waals surface area contributed by atoms with E-state index in [1.165, 1.54) is 18.4 Å². The molecule has 0 radical (unpaired) electrons. The Labute approximate surface area is 192 Å². The van der Waals surface area contributed by atoms with E-state index in [9.17, 15) is 13.2 Å². The number of methoxy groups -OCH3 is 1. The van der Waals surface area contributed by atoms with Crippen LogP contribution in [0.2, 0.25) is 0 Å². The van der Waals surface area contributed by atoms with Crippen molar-refractivity contribution < 1.29 is 22.7 Å². The minimum Gasteiger partial charge on any atom is -0.493 e. The van der Waals surface area contributed by atoms with Crippen molar-refractivity contribution in [1.29, 1.82) is 0 Å². The van der Waals surface area contributed by atoms with Crippen molar-refractivity contribution in [2.45, 2.75) is 42.4 Å². The predicted molar refractivity (Wildman–Crippen MR) is 125 cm³/mol. The highest BCUT2D eigenvalue weighted by molar-refractivity contribution is 7.92. The van der Waals surface area contributed by atoms with Crippen LogP contribution in [0.25, 0.3) is 0 Å². The standard InChI is InChI=1S/C24H25NO5S2/c1-16-11-13-17(14-12-16)32(27,28)23-18-7-3-6-10-21(18)31-24(23)25-22(26)15-30-20-9-5-4-8-19(20)29-2/h4-5,8-9,11-14H,3,6-7,10,15H2,1-2H3,(H,25,26). The molecule has 1 aromatic heterocycles. The molecule has 0 atom stereocenters. The van der Waals surface area contributed by atoms with Crippen LogP contribution in [0.15, 0.2) is 58.3 Å². The smallest absolute Gasteiger partial charge is 0.262 e. The van der Waals surface area contributed by atoms with E-state index in [1.54, 1.807) is 42.5 Å². The fourth-order valence-electron chi connectivity index (χ4n) is 3.78. The van der Waals surface area contributed by atoms with Gasteiger partial charge in [-0.1, -0.05) is 29.8 Å². The van der Waals surface area contributed by atoms with Crippen LogP contribution in [0.1, 0.15) is 28.8 Å². The lowest BCUT2D eigenvalue weighted by atomic mass is 9.99. The average Bonchev–Trinajstić information content (AvgIpc) is 3.16. The summed E-state index contributed by atoms with van der Waals surface area (Å²) in [6, 6.07) is 13.9. The quantitative estimate of drug-likeness (QED) is 0.536. The first-order chi connectivity index (χ1) is 15.4. The van der Waals surface area contributed by atoms with E-state index in [-0.39, 0.29) is 16.4 Å². The number of ether oxygens (including phenoxy) is 2. The van der Waals surface area contributed by atoms with Crippen LogP contribution in [0.3, 0.4) is 0 Å². The number of sulfone groups is 1. The normalized spacial score (nSPS) is 13.3.